The molecule has 0 bridgehead atoms. The van der Waals surface area contributed by atoms with Crippen molar-refractivity contribution in [3.63, 3.8) is 0 Å². The number of anilines is 1. The van der Waals surface area contributed by atoms with Gasteiger partial charge in [-0.3, -0.25) is 9.59 Å². The number of carbonyl (C=O) groups excluding carboxylic acids is 2. The number of hydrogen-bond acceptors (Lipinski definition) is 4. The molecule has 0 saturated carbocycles. The van der Waals surface area contributed by atoms with E-state index in [1.54, 1.807) is 43.3 Å². The Morgan fingerprint density at radius 1 is 1.00 bits per heavy atom. The van der Waals surface area contributed by atoms with Crippen LogP contribution in [0, 0.1) is 6.92 Å². The van der Waals surface area contributed by atoms with E-state index in [1.165, 1.54) is 6.07 Å². The van der Waals surface area contributed by atoms with Gasteiger partial charge in [-0.25, -0.2) is 4.79 Å². The second-order valence-electron chi connectivity index (χ2n) is 6.92. The monoisotopic (exact) mass is 376 g/mol. The highest BCUT2D eigenvalue weighted by Gasteiger charge is 2.22. The van der Waals surface area contributed by atoms with Crippen molar-refractivity contribution in [3.05, 3.63) is 75.6 Å². The molecular weight excluding hydrogens is 356 g/mol. The summed E-state index contributed by atoms with van der Waals surface area (Å²) in [7, 11) is 0. The highest BCUT2D eigenvalue weighted by Crippen LogP contribution is 2.23. The van der Waals surface area contributed by atoms with Crippen molar-refractivity contribution in [3.8, 4) is 0 Å². The van der Waals surface area contributed by atoms with Crippen molar-refractivity contribution in [2.75, 3.05) is 18.4 Å². The van der Waals surface area contributed by atoms with Crippen LogP contribution in [0.4, 0.5) is 5.69 Å². The van der Waals surface area contributed by atoms with Crippen LogP contribution in [0.2, 0.25) is 0 Å². The molecule has 0 atom stereocenters. The molecule has 0 unspecified atom stereocenters. The first-order valence-electron chi connectivity index (χ1n) is 9.28. The Labute approximate surface area is 161 Å². The molecule has 142 valence electrons. The fourth-order valence-electron chi connectivity index (χ4n) is 3.50. The van der Waals surface area contributed by atoms with Crippen LogP contribution in [-0.2, 0) is 0 Å². The Morgan fingerprint density at radius 2 is 1.75 bits per heavy atom. The fourth-order valence-corrected chi connectivity index (χ4v) is 3.50. The number of benzene rings is 2. The average molecular weight is 376 g/mol. The van der Waals surface area contributed by atoms with Crippen molar-refractivity contribution >= 4 is 28.5 Å². The van der Waals surface area contributed by atoms with Gasteiger partial charge >= 0.3 is 5.63 Å². The Hall–Kier alpha value is -3.41. The summed E-state index contributed by atoms with van der Waals surface area (Å²) < 4.78 is 5.23. The maximum atomic E-state index is 12.7. The highest BCUT2D eigenvalue weighted by atomic mass is 16.4. The van der Waals surface area contributed by atoms with Crippen LogP contribution in [0.15, 0.2) is 57.7 Å². The van der Waals surface area contributed by atoms with E-state index in [1.807, 2.05) is 11.0 Å². The number of nitrogens with one attached hydrogen (secondary N) is 1. The summed E-state index contributed by atoms with van der Waals surface area (Å²) in [6.07, 6.45) is 2.03. The third-order valence-corrected chi connectivity index (χ3v) is 5.09. The number of carbonyl (C=O) groups is 2. The van der Waals surface area contributed by atoms with E-state index in [0.29, 0.717) is 27.8 Å². The minimum Gasteiger partial charge on any atom is -0.422 e. The lowest BCUT2D eigenvalue weighted by molar-refractivity contribution is 0.0791. The van der Waals surface area contributed by atoms with Gasteiger partial charge in [0.2, 0.25) is 0 Å². The third kappa shape index (κ3) is 3.29. The second kappa shape index (κ2) is 7.31. The van der Waals surface area contributed by atoms with Crippen molar-refractivity contribution in [1.82, 2.24) is 4.90 Å². The number of amides is 2. The molecule has 2 amide bonds. The Morgan fingerprint density at radius 3 is 2.54 bits per heavy atom. The van der Waals surface area contributed by atoms with Crippen LogP contribution >= 0.6 is 0 Å². The topological polar surface area (TPSA) is 79.6 Å². The van der Waals surface area contributed by atoms with E-state index in [-0.39, 0.29) is 11.5 Å². The van der Waals surface area contributed by atoms with E-state index in [0.717, 1.165) is 25.9 Å². The largest absolute Gasteiger partial charge is 0.422 e. The van der Waals surface area contributed by atoms with Gasteiger partial charge in [0.15, 0.2) is 0 Å². The van der Waals surface area contributed by atoms with E-state index in [4.69, 9.17) is 4.42 Å². The molecule has 4 rings (SSSR count). The maximum absolute atomic E-state index is 12.7. The van der Waals surface area contributed by atoms with Crippen LogP contribution in [0.5, 0.6) is 0 Å². The number of rotatable bonds is 3. The Balaban J connectivity index is 1.63. The van der Waals surface area contributed by atoms with Crippen LogP contribution in [0.3, 0.4) is 0 Å². The van der Waals surface area contributed by atoms with Gasteiger partial charge in [-0.05, 0) is 49.6 Å². The molecule has 0 radical (unpaired) electrons. The number of para-hydroxylation sites is 1. The maximum Gasteiger partial charge on any atom is 0.349 e. The molecule has 3 aromatic rings. The molecule has 28 heavy (non-hydrogen) atoms. The summed E-state index contributed by atoms with van der Waals surface area (Å²) in [5, 5.41) is 3.42. The van der Waals surface area contributed by atoms with Crippen molar-refractivity contribution in [2.24, 2.45) is 0 Å². The SMILES string of the molecule is Cc1c(NC(=O)c2cc3ccccc3oc2=O)cccc1C(=O)N1CCCC1. The smallest absolute Gasteiger partial charge is 0.349 e. The molecule has 1 fully saturated rings. The molecule has 1 aliphatic rings. The summed E-state index contributed by atoms with van der Waals surface area (Å²) in [5.74, 6) is -0.593. The molecule has 0 aliphatic carbocycles. The van der Waals surface area contributed by atoms with Gasteiger partial charge < -0.3 is 14.6 Å². The van der Waals surface area contributed by atoms with Gasteiger partial charge in [0, 0.05) is 29.7 Å². The molecule has 1 aliphatic heterocycles. The molecule has 6 nitrogen and oxygen atoms in total. The van der Waals surface area contributed by atoms with Crippen LogP contribution < -0.4 is 10.9 Å². The number of likely N-dealkylation sites (tertiary alicyclic amines) is 1. The van der Waals surface area contributed by atoms with E-state index >= 15 is 0 Å². The normalized spacial score (nSPS) is 13.7. The van der Waals surface area contributed by atoms with Crippen LogP contribution in [0.1, 0.15) is 39.1 Å². The van der Waals surface area contributed by atoms with Gasteiger partial charge in [-0.2, -0.15) is 0 Å². The highest BCUT2D eigenvalue weighted by molar-refractivity contribution is 6.07. The first kappa shape index (κ1) is 18.0. The lowest BCUT2D eigenvalue weighted by Crippen LogP contribution is -2.28. The minimum atomic E-state index is -0.696. The zero-order chi connectivity index (χ0) is 19.7. The summed E-state index contributed by atoms with van der Waals surface area (Å²) in [5.41, 5.74) is 1.40. The molecule has 1 aromatic heterocycles. The fraction of sp³-hybridized carbons (Fsp3) is 0.227. The summed E-state index contributed by atoms with van der Waals surface area (Å²) in [4.78, 5) is 39.5. The first-order valence-corrected chi connectivity index (χ1v) is 9.28. The third-order valence-electron chi connectivity index (χ3n) is 5.09. The molecule has 6 heteroatoms. The van der Waals surface area contributed by atoms with Crippen molar-refractivity contribution in [2.45, 2.75) is 19.8 Å². The number of fused-ring (bicyclic) bond motifs is 1. The van der Waals surface area contributed by atoms with Gasteiger partial charge in [-0.1, -0.05) is 24.3 Å². The molecular formula is C22H20N2O4. The predicted molar refractivity (Wildman–Crippen MR) is 107 cm³/mol. The van der Waals surface area contributed by atoms with Crippen molar-refractivity contribution < 1.29 is 14.0 Å². The van der Waals surface area contributed by atoms with Crippen LogP contribution in [0.25, 0.3) is 11.0 Å². The minimum absolute atomic E-state index is 0.0312. The molecule has 2 aromatic carbocycles. The zero-order valence-electron chi connectivity index (χ0n) is 15.5. The second-order valence-corrected chi connectivity index (χ2v) is 6.92. The molecule has 0 spiro atoms. The summed E-state index contributed by atoms with van der Waals surface area (Å²) in [6, 6.07) is 13.7. The zero-order valence-corrected chi connectivity index (χ0v) is 15.5. The molecule has 2 heterocycles. The van der Waals surface area contributed by atoms with Gasteiger partial charge in [0.05, 0.1) is 0 Å². The van der Waals surface area contributed by atoms with E-state index in [2.05, 4.69) is 5.32 Å². The Kier molecular flexibility index (Phi) is 4.69. The standard InChI is InChI=1S/C22H20N2O4/c1-14-16(21(26)24-11-4-5-12-24)8-6-9-18(14)23-20(25)17-13-15-7-2-3-10-19(15)28-22(17)27/h2-3,6-10,13H,4-5,11-12H2,1H3,(H,23,25). The Bertz CT molecular complexity index is 1130. The van der Waals surface area contributed by atoms with E-state index < -0.39 is 11.5 Å². The predicted octanol–water partition coefficient (Wildman–Crippen LogP) is 3.59. The summed E-state index contributed by atoms with van der Waals surface area (Å²) >= 11 is 0. The lowest BCUT2D eigenvalue weighted by atomic mass is 10.0. The lowest BCUT2D eigenvalue weighted by Gasteiger charge is -2.18. The van der Waals surface area contributed by atoms with Crippen molar-refractivity contribution in [1.29, 1.82) is 0 Å². The van der Waals surface area contributed by atoms with Gasteiger partial charge in [-0.15, -0.1) is 0 Å². The van der Waals surface area contributed by atoms with Gasteiger partial charge in [0.1, 0.15) is 11.1 Å². The summed E-state index contributed by atoms with van der Waals surface area (Å²) in [6.45, 7) is 3.31. The average Bonchev–Trinajstić information content (AvgIpc) is 3.23. The molecule has 1 saturated heterocycles. The quantitative estimate of drug-likeness (QED) is 0.709. The van der Waals surface area contributed by atoms with Gasteiger partial charge in [0.25, 0.3) is 11.8 Å². The van der Waals surface area contributed by atoms with Crippen LogP contribution in [-0.4, -0.2) is 29.8 Å². The molecule has 1 N–H and O–H groups in total. The number of hydrogen-bond donors (Lipinski definition) is 1. The number of nitrogens with zero attached hydrogens (tertiary/aromatic N) is 1. The first-order chi connectivity index (χ1) is 13.5. The van der Waals surface area contributed by atoms with E-state index in [9.17, 15) is 14.4 Å².